The van der Waals surface area contributed by atoms with Crippen LogP contribution in [-0.4, -0.2) is 29.7 Å². The van der Waals surface area contributed by atoms with Crippen LogP contribution in [0.15, 0.2) is 0 Å². The van der Waals surface area contributed by atoms with Crippen LogP contribution in [0.4, 0.5) is 4.79 Å². The third kappa shape index (κ3) is 3.89. The fourth-order valence-electron chi connectivity index (χ4n) is 2.13. The Morgan fingerprint density at radius 3 is 2.39 bits per heavy atom. The van der Waals surface area contributed by atoms with Crippen LogP contribution in [0, 0.1) is 11.3 Å². The van der Waals surface area contributed by atoms with Crippen LogP contribution in [0.3, 0.4) is 0 Å². The van der Waals surface area contributed by atoms with Gasteiger partial charge in [-0.25, -0.2) is 9.59 Å². The fourth-order valence-corrected chi connectivity index (χ4v) is 2.13. The Morgan fingerprint density at radius 2 is 2.00 bits per heavy atom. The highest BCUT2D eigenvalue weighted by Crippen LogP contribution is 2.39. The van der Waals surface area contributed by atoms with Gasteiger partial charge in [-0.1, -0.05) is 33.6 Å². The number of hydrogen-bond donors (Lipinski definition) is 3. The summed E-state index contributed by atoms with van der Waals surface area (Å²) in [4.78, 5) is 22.7. The summed E-state index contributed by atoms with van der Waals surface area (Å²) in [6, 6.07) is -1.19. The number of hydrogen-bond acceptors (Lipinski definition) is 2. The molecule has 0 radical (unpaired) electrons. The Hall–Kier alpha value is -1.26. The van der Waals surface area contributed by atoms with Crippen molar-refractivity contribution in [2.45, 2.75) is 52.5 Å². The molecular weight excluding hydrogens is 232 g/mol. The largest absolute Gasteiger partial charge is 0.480 e. The maximum Gasteiger partial charge on any atom is 0.326 e. The standard InChI is InChI=1S/C13H24N2O3/c1-4-9(2)10(11(16)17)15-12(18)14-8-13(3)6-5-7-13/h9-10H,4-8H2,1-3H3,(H,16,17)(H2,14,15,18). The van der Waals surface area contributed by atoms with Gasteiger partial charge in [-0.05, 0) is 24.2 Å². The van der Waals surface area contributed by atoms with Gasteiger partial charge in [0, 0.05) is 6.54 Å². The summed E-state index contributed by atoms with van der Waals surface area (Å²) in [5, 5.41) is 14.4. The van der Waals surface area contributed by atoms with E-state index in [4.69, 9.17) is 5.11 Å². The molecule has 1 aliphatic rings. The van der Waals surface area contributed by atoms with Crippen LogP contribution in [0.2, 0.25) is 0 Å². The number of carboxylic acids is 1. The molecule has 0 aliphatic heterocycles. The average Bonchev–Trinajstić information content (AvgIpc) is 2.29. The zero-order chi connectivity index (χ0) is 13.8. The van der Waals surface area contributed by atoms with Gasteiger partial charge in [0.1, 0.15) is 6.04 Å². The minimum Gasteiger partial charge on any atom is -0.480 e. The molecule has 3 N–H and O–H groups in total. The van der Waals surface area contributed by atoms with Gasteiger partial charge in [0.15, 0.2) is 0 Å². The molecule has 0 aromatic carbocycles. The molecule has 0 heterocycles. The van der Waals surface area contributed by atoms with E-state index < -0.39 is 12.0 Å². The van der Waals surface area contributed by atoms with Gasteiger partial charge in [0.05, 0.1) is 0 Å². The monoisotopic (exact) mass is 256 g/mol. The van der Waals surface area contributed by atoms with Gasteiger partial charge in [0.2, 0.25) is 0 Å². The van der Waals surface area contributed by atoms with Crippen molar-refractivity contribution in [3.8, 4) is 0 Å². The third-order valence-corrected chi connectivity index (χ3v) is 4.00. The Morgan fingerprint density at radius 1 is 1.39 bits per heavy atom. The molecular formula is C13H24N2O3. The van der Waals surface area contributed by atoms with E-state index in [0.717, 1.165) is 19.3 Å². The molecule has 0 aromatic rings. The number of carbonyl (C=O) groups is 2. The lowest BCUT2D eigenvalue weighted by atomic mass is 9.70. The molecule has 1 aliphatic carbocycles. The molecule has 1 saturated carbocycles. The molecule has 1 fully saturated rings. The van der Waals surface area contributed by atoms with Crippen molar-refractivity contribution in [1.29, 1.82) is 0 Å². The van der Waals surface area contributed by atoms with Crippen LogP contribution in [-0.2, 0) is 4.79 Å². The normalized spacial score (nSPS) is 20.4. The number of carboxylic acid groups (broad SMARTS) is 1. The lowest BCUT2D eigenvalue weighted by Gasteiger charge is -2.38. The highest BCUT2D eigenvalue weighted by molar-refractivity contribution is 5.82. The molecule has 18 heavy (non-hydrogen) atoms. The summed E-state index contributed by atoms with van der Waals surface area (Å²) < 4.78 is 0. The smallest absolute Gasteiger partial charge is 0.326 e. The molecule has 5 nitrogen and oxygen atoms in total. The van der Waals surface area contributed by atoms with E-state index in [1.165, 1.54) is 6.42 Å². The number of amides is 2. The Balaban J connectivity index is 2.39. The molecule has 104 valence electrons. The van der Waals surface area contributed by atoms with Crippen molar-refractivity contribution in [2.24, 2.45) is 11.3 Å². The Kier molecular flexibility index (Phi) is 4.99. The van der Waals surface area contributed by atoms with Gasteiger partial charge in [-0.3, -0.25) is 0 Å². The maximum atomic E-state index is 11.7. The molecule has 2 atom stereocenters. The molecule has 1 rings (SSSR count). The number of carbonyl (C=O) groups excluding carboxylic acids is 1. The second-order valence-corrected chi connectivity index (χ2v) is 5.69. The summed E-state index contributed by atoms with van der Waals surface area (Å²) >= 11 is 0. The van der Waals surface area contributed by atoms with E-state index in [1.54, 1.807) is 0 Å². The molecule has 2 unspecified atom stereocenters. The predicted octanol–water partition coefficient (Wildman–Crippen LogP) is 1.98. The van der Waals surface area contributed by atoms with E-state index in [1.807, 2.05) is 13.8 Å². The number of aliphatic carboxylic acids is 1. The van der Waals surface area contributed by atoms with Crippen LogP contribution in [0.25, 0.3) is 0 Å². The van der Waals surface area contributed by atoms with E-state index in [9.17, 15) is 9.59 Å². The minimum atomic E-state index is -0.977. The van der Waals surface area contributed by atoms with Gasteiger partial charge in [-0.15, -0.1) is 0 Å². The average molecular weight is 256 g/mol. The molecule has 0 saturated heterocycles. The van der Waals surface area contributed by atoms with Crippen molar-refractivity contribution in [3.63, 3.8) is 0 Å². The predicted molar refractivity (Wildman–Crippen MR) is 69.4 cm³/mol. The van der Waals surface area contributed by atoms with Crippen molar-refractivity contribution < 1.29 is 14.7 Å². The molecule has 2 amide bonds. The van der Waals surface area contributed by atoms with E-state index in [0.29, 0.717) is 6.54 Å². The summed E-state index contributed by atoms with van der Waals surface area (Å²) in [7, 11) is 0. The lowest BCUT2D eigenvalue weighted by molar-refractivity contribution is -0.140. The Bertz CT molecular complexity index is 313. The number of urea groups is 1. The van der Waals surface area contributed by atoms with Crippen LogP contribution < -0.4 is 10.6 Å². The second-order valence-electron chi connectivity index (χ2n) is 5.69. The summed E-state index contributed by atoms with van der Waals surface area (Å²) in [5.74, 6) is -1.05. The second kappa shape index (κ2) is 6.07. The first kappa shape index (κ1) is 14.8. The van der Waals surface area contributed by atoms with Crippen molar-refractivity contribution in [1.82, 2.24) is 10.6 Å². The van der Waals surface area contributed by atoms with Gasteiger partial charge in [-0.2, -0.15) is 0 Å². The van der Waals surface area contributed by atoms with Crippen molar-refractivity contribution in [2.75, 3.05) is 6.54 Å². The Labute approximate surface area is 108 Å². The topological polar surface area (TPSA) is 78.4 Å². The SMILES string of the molecule is CCC(C)C(NC(=O)NCC1(C)CCC1)C(=O)O. The van der Waals surface area contributed by atoms with Crippen LogP contribution in [0.5, 0.6) is 0 Å². The zero-order valence-corrected chi connectivity index (χ0v) is 11.5. The van der Waals surface area contributed by atoms with Crippen molar-refractivity contribution >= 4 is 12.0 Å². The number of rotatable bonds is 6. The van der Waals surface area contributed by atoms with Crippen LogP contribution >= 0.6 is 0 Å². The highest BCUT2D eigenvalue weighted by Gasteiger charge is 2.32. The summed E-state index contributed by atoms with van der Waals surface area (Å²) in [6.07, 6.45) is 4.18. The van der Waals surface area contributed by atoms with Gasteiger partial charge in [0.25, 0.3) is 0 Å². The minimum absolute atomic E-state index is 0.0764. The van der Waals surface area contributed by atoms with Crippen molar-refractivity contribution in [3.05, 3.63) is 0 Å². The van der Waals surface area contributed by atoms with E-state index in [2.05, 4.69) is 17.6 Å². The van der Waals surface area contributed by atoms with Gasteiger partial charge >= 0.3 is 12.0 Å². The first-order chi connectivity index (χ1) is 8.38. The maximum absolute atomic E-state index is 11.7. The quantitative estimate of drug-likeness (QED) is 0.680. The van der Waals surface area contributed by atoms with Gasteiger partial charge < -0.3 is 15.7 Å². The fraction of sp³-hybridized carbons (Fsp3) is 0.846. The summed E-state index contributed by atoms with van der Waals surface area (Å²) in [5.41, 5.74) is 0.201. The molecule has 5 heteroatoms. The van der Waals surface area contributed by atoms with E-state index >= 15 is 0 Å². The van der Waals surface area contributed by atoms with E-state index in [-0.39, 0.29) is 17.4 Å². The van der Waals surface area contributed by atoms with Crippen LogP contribution in [0.1, 0.15) is 46.5 Å². The number of nitrogens with one attached hydrogen (secondary N) is 2. The molecule has 0 spiro atoms. The first-order valence-electron chi connectivity index (χ1n) is 6.65. The summed E-state index contributed by atoms with van der Waals surface area (Å²) in [6.45, 7) is 6.49. The molecule has 0 bridgehead atoms. The lowest BCUT2D eigenvalue weighted by Crippen LogP contribution is -2.51. The first-order valence-corrected chi connectivity index (χ1v) is 6.65. The molecule has 0 aromatic heterocycles. The zero-order valence-electron chi connectivity index (χ0n) is 11.5. The highest BCUT2D eigenvalue weighted by atomic mass is 16.4. The third-order valence-electron chi connectivity index (χ3n) is 4.00.